The summed E-state index contributed by atoms with van der Waals surface area (Å²) >= 11 is 12.6. The summed E-state index contributed by atoms with van der Waals surface area (Å²) in [6.45, 7) is 2.29. The van der Waals surface area contributed by atoms with Crippen molar-refractivity contribution in [2.45, 2.75) is 6.92 Å². The lowest BCUT2D eigenvalue weighted by Crippen LogP contribution is -2.47. The minimum atomic E-state index is -2.19. The fourth-order valence-electron chi connectivity index (χ4n) is 4.57. The van der Waals surface area contributed by atoms with Crippen LogP contribution in [0.25, 0.3) is 17.4 Å². The summed E-state index contributed by atoms with van der Waals surface area (Å²) in [6, 6.07) is 13.9. The maximum absolute atomic E-state index is 14.2. The maximum Gasteiger partial charge on any atom is 0.248 e. The number of anilines is 3. The topological polar surface area (TPSA) is 48.7 Å². The van der Waals surface area contributed by atoms with Crippen LogP contribution < -0.4 is 15.1 Å². The van der Waals surface area contributed by atoms with E-state index in [0.717, 1.165) is 16.0 Å². The van der Waals surface area contributed by atoms with E-state index in [1.165, 1.54) is 12.2 Å². The Labute approximate surface area is 247 Å². The van der Waals surface area contributed by atoms with E-state index in [1.807, 2.05) is 24.0 Å². The molecule has 1 aliphatic heterocycles. The van der Waals surface area contributed by atoms with Gasteiger partial charge in [0.25, 0.3) is 0 Å². The van der Waals surface area contributed by atoms with Gasteiger partial charge in [-0.25, -0.2) is 22.0 Å². The minimum Gasteiger partial charge on any atom is -0.457 e. The molecule has 0 unspecified atom stereocenters. The molecule has 5 nitrogen and oxygen atoms in total. The molecule has 1 aliphatic rings. The van der Waals surface area contributed by atoms with E-state index in [0.29, 0.717) is 32.9 Å². The monoisotopic (exact) mass is 621 g/mol. The van der Waals surface area contributed by atoms with Crippen LogP contribution in [0.3, 0.4) is 0 Å². The SMILES string of the molecule is Cc1ccc(-c2ccc(/C=C/C(=O)Nc3ccc(N4CCN(c5c(F)c(F)c(F)c(F)c5F)CC4)c(Cl)c3)o2)cc1Cl. The second-order valence-electron chi connectivity index (χ2n) is 9.55. The van der Waals surface area contributed by atoms with Crippen molar-refractivity contribution in [3.8, 4) is 11.3 Å². The van der Waals surface area contributed by atoms with Gasteiger partial charge in [-0.05, 0) is 55.0 Å². The lowest BCUT2D eigenvalue weighted by atomic mass is 10.1. The van der Waals surface area contributed by atoms with Gasteiger partial charge in [0.2, 0.25) is 11.7 Å². The second-order valence-corrected chi connectivity index (χ2v) is 10.4. The summed E-state index contributed by atoms with van der Waals surface area (Å²) in [5.74, 6) is -9.24. The number of aryl methyl sites for hydroxylation is 1. The number of hydrogen-bond acceptors (Lipinski definition) is 4. The van der Waals surface area contributed by atoms with Gasteiger partial charge in [0.05, 0.1) is 10.7 Å². The van der Waals surface area contributed by atoms with E-state index in [-0.39, 0.29) is 26.2 Å². The van der Waals surface area contributed by atoms with Gasteiger partial charge in [0, 0.05) is 48.5 Å². The van der Waals surface area contributed by atoms with Crippen LogP contribution in [0.5, 0.6) is 0 Å². The van der Waals surface area contributed by atoms with Crippen LogP contribution >= 0.6 is 23.2 Å². The van der Waals surface area contributed by atoms with Crippen LogP contribution in [-0.4, -0.2) is 32.1 Å². The molecular formula is C30H22Cl2F5N3O2. The van der Waals surface area contributed by atoms with Crippen LogP contribution in [0.2, 0.25) is 10.0 Å². The zero-order valence-corrected chi connectivity index (χ0v) is 23.5. The molecule has 0 aliphatic carbocycles. The highest BCUT2D eigenvalue weighted by Gasteiger charge is 2.31. The summed E-state index contributed by atoms with van der Waals surface area (Å²) in [5.41, 5.74) is 1.82. The molecule has 42 heavy (non-hydrogen) atoms. The number of piperazine rings is 1. The maximum atomic E-state index is 14.2. The van der Waals surface area contributed by atoms with Crippen LogP contribution in [0.1, 0.15) is 11.3 Å². The highest BCUT2D eigenvalue weighted by atomic mass is 35.5. The number of carbonyl (C=O) groups excluding carboxylic acids is 1. The molecule has 3 aromatic carbocycles. The number of amides is 1. The quantitative estimate of drug-likeness (QED) is 0.102. The Morgan fingerprint density at radius 3 is 2.10 bits per heavy atom. The minimum absolute atomic E-state index is 0.0105. The fraction of sp³-hybridized carbons (Fsp3) is 0.167. The second kappa shape index (κ2) is 12.1. The zero-order chi connectivity index (χ0) is 30.1. The number of hydrogen-bond donors (Lipinski definition) is 1. The smallest absolute Gasteiger partial charge is 0.248 e. The van der Waals surface area contributed by atoms with Crippen molar-refractivity contribution in [3.63, 3.8) is 0 Å². The van der Waals surface area contributed by atoms with E-state index in [9.17, 15) is 26.7 Å². The van der Waals surface area contributed by atoms with E-state index in [2.05, 4.69) is 5.32 Å². The van der Waals surface area contributed by atoms with Crippen LogP contribution in [0.15, 0.2) is 59.0 Å². The highest BCUT2D eigenvalue weighted by Crippen LogP contribution is 2.34. The number of benzene rings is 3. The molecule has 5 rings (SSSR count). The number of rotatable bonds is 6. The Morgan fingerprint density at radius 2 is 1.45 bits per heavy atom. The van der Waals surface area contributed by atoms with Crippen molar-refractivity contribution in [1.29, 1.82) is 0 Å². The fourth-order valence-corrected chi connectivity index (χ4v) is 5.05. The van der Waals surface area contributed by atoms with Crippen molar-refractivity contribution < 1.29 is 31.2 Å². The van der Waals surface area contributed by atoms with Crippen molar-refractivity contribution in [2.24, 2.45) is 0 Å². The van der Waals surface area contributed by atoms with Gasteiger partial charge < -0.3 is 19.5 Å². The molecule has 0 radical (unpaired) electrons. The van der Waals surface area contributed by atoms with Gasteiger partial charge in [-0.15, -0.1) is 0 Å². The first kappa shape index (κ1) is 29.5. The average Bonchev–Trinajstić information content (AvgIpc) is 3.45. The molecule has 1 amide bonds. The van der Waals surface area contributed by atoms with Crippen LogP contribution in [0.4, 0.5) is 39.0 Å². The van der Waals surface area contributed by atoms with Crippen LogP contribution in [0, 0.1) is 36.0 Å². The molecule has 0 saturated carbocycles. The number of carbonyl (C=O) groups is 1. The summed E-state index contributed by atoms with van der Waals surface area (Å²) in [5, 5.41) is 3.63. The first-order valence-corrected chi connectivity index (χ1v) is 13.5. The normalized spacial score (nSPS) is 13.7. The summed E-state index contributed by atoms with van der Waals surface area (Å²) in [4.78, 5) is 15.4. The van der Waals surface area contributed by atoms with E-state index < -0.39 is 40.7 Å². The summed E-state index contributed by atoms with van der Waals surface area (Å²) in [6.07, 6.45) is 2.83. The Balaban J connectivity index is 1.20. The van der Waals surface area contributed by atoms with Crippen molar-refractivity contribution >= 4 is 52.2 Å². The molecule has 1 N–H and O–H groups in total. The van der Waals surface area contributed by atoms with Crippen LogP contribution in [-0.2, 0) is 4.79 Å². The Hall–Kier alpha value is -4.02. The molecule has 0 atom stereocenters. The number of nitrogens with zero attached hydrogens (tertiary/aromatic N) is 2. The highest BCUT2D eigenvalue weighted by molar-refractivity contribution is 6.33. The molecule has 218 valence electrons. The van der Waals surface area contributed by atoms with Gasteiger partial charge in [-0.2, -0.15) is 0 Å². The van der Waals surface area contributed by atoms with Gasteiger partial charge in [0.1, 0.15) is 17.2 Å². The Bertz CT molecular complexity index is 1670. The molecule has 4 aromatic rings. The van der Waals surface area contributed by atoms with Gasteiger partial charge in [-0.1, -0.05) is 35.3 Å². The molecule has 0 spiro atoms. The Morgan fingerprint density at radius 1 is 0.810 bits per heavy atom. The standard InChI is InChI=1S/C30H22Cl2F5N3O2/c1-16-2-3-17(14-20(16)31)23-8-5-19(42-23)6-9-24(41)38-18-4-7-22(21(32)15-18)39-10-12-40(13-11-39)30-28(36)26(34)25(33)27(35)29(30)37/h2-9,14-15H,10-13H2,1H3,(H,38,41)/b9-6+. The molecule has 1 saturated heterocycles. The van der Waals surface area contributed by atoms with Gasteiger partial charge in [0.15, 0.2) is 23.3 Å². The first-order chi connectivity index (χ1) is 20.0. The van der Waals surface area contributed by atoms with E-state index >= 15 is 0 Å². The summed E-state index contributed by atoms with van der Waals surface area (Å²) < 4.78 is 74.9. The average molecular weight is 622 g/mol. The number of halogens is 7. The number of nitrogens with one attached hydrogen (secondary N) is 1. The lowest BCUT2D eigenvalue weighted by Gasteiger charge is -2.38. The van der Waals surface area contributed by atoms with E-state index in [1.54, 1.807) is 36.4 Å². The van der Waals surface area contributed by atoms with Gasteiger partial charge >= 0.3 is 0 Å². The summed E-state index contributed by atoms with van der Waals surface area (Å²) in [7, 11) is 0. The first-order valence-electron chi connectivity index (χ1n) is 12.7. The molecule has 1 fully saturated rings. The lowest BCUT2D eigenvalue weighted by molar-refractivity contribution is -0.111. The third-order valence-electron chi connectivity index (χ3n) is 6.82. The van der Waals surface area contributed by atoms with E-state index in [4.69, 9.17) is 27.6 Å². The molecule has 0 bridgehead atoms. The molecule has 12 heteroatoms. The van der Waals surface area contributed by atoms with Crippen molar-refractivity contribution in [3.05, 3.63) is 105 Å². The largest absolute Gasteiger partial charge is 0.457 e. The Kier molecular flexibility index (Phi) is 8.47. The van der Waals surface area contributed by atoms with Crippen molar-refractivity contribution in [1.82, 2.24) is 0 Å². The number of furan rings is 1. The molecular weight excluding hydrogens is 600 g/mol. The third-order valence-corrected chi connectivity index (χ3v) is 7.53. The molecule has 1 aromatic heterocycles. The zero-order valence-electron chi connectivity index (χ0n) is 22.0. The predicted molar refractivity (Wildman–Crippen MR) is 154 cm³/mol. The predicted octanol–water partition coefficient (Wildman–Crippen LogP) is 8.24. The van der Waals surface area contributed by atoms with Gasteiger partial charge in [-0.3, -0.25) is 4.79 Å². The molecule has 2 heterocycles. The van der Waals surface area contributed by atoms with Crippen molar-refractivity contribution in [2.75, 3.05) is 41.3 Å². The third kappa shape index (κ3) is 5.96.